The van der Waals surface area contributed by atoms with E-state index in [2.05, 4.69) is 10.5 Å². The number of nitrogens with zero attached hydrogens (tertiary/aromatic N) is 2. The maximum Gasteiger partial charge on any atom is 0.201 e. The third-order valence-electron chi connectivity index (χ3n) is 2.95. The summed E-state index contributed by atoms with van der Waals surface area (Å²) in [6.45, 7) is 0. The van der Waals surface area contributed by atoms with Gasteiger partial charge in [-0.2, -0.15) is 10.4 Å². The highest BCUT2D eigenvalue weighted by Gasteiger charge is 2.02. The van der Waals surface area contributed by atoms with Crippen molar-refractivity contribution in [1.82, 2.24) is 0 Å². The highest BCUT2D eigenvalue weighted by molar-refractivity contribution is 6.45. The van der Waals surface area contributed by atoms with Gasteiger partial charge in [0.05, 0.1) is 12.8 Å². The molecular formula is C16H15N5O. The maximum absolute atomic E-state index is 8.76. The Morgan fingerprint density at radius 2 is 1.95 bits per heavy atom. The second-order valence-corrected chi connectivity index (χ2v) is 4.41. The minimum atomic E-state index is -0.372. The normalized spacial score (nSPS) is 10.6. The molecule has 0 bridgehead atoms. The van der Waals surface area contributed by atoms with E-state index in [1.807, 2.05) is 48.5 Å². The average molecular weight is 293 g/mol. The van der Waals surface area contributed by atoms with Gasteiger partial charge in [0.1, 0.15) is 11.8 Å². The molecule has 0 heterocycles. The molecule has 0 aliphatic rings. The predicted octanol–water partition coefficient (Wildman–Crippen LogP) is 2.59. The Kier molecular flexibility index (Phi) is 4.73. The van der Waals surface area contributed by atoms with Crippen LogP contribution in [0, 0.1) is 16.7 Å². The van der Waals surface area contributed by atoms with Gasteiger partial charge >= 0.3 is 0 Å². The van der Waals surface area contributed by atoms with E-state index in [1.165, 1.54) is 0 Å². The lowest BCUT2D eigenvalue weighted by Crippen LogP contribution is -2.21. The van der Waals surface area contributed by atoms with E-state index >= 15 is 0 Å². The summed E-state index contributed by atoms with van der Waals surface area (Å²) in [6, 6.07) is 17.0. The zero-order valence-corrected chi connectivity index (χ0v) is 12.0. The van der Waals surface area contributed by atoms with Crippen LogP contribution in [0.4, 0.5) is 5.69 Å². The van der Waals surface area contributed by atoms with Gasteiger partial charge in [0, 0.05) is 0 Å². The van der Waals surface area contributed by atoms with Gasteiger partial charge in [-0.1, -0.05) is 24.3 Å². The fourth-order valence-corrected chi connectivity index (χ4v) is 1.81. The molecule has 0 aliphatic heterocycles. The van der Waals surface area contributed by atoms with Crippen LogP contribution in [0.3, 0.4) is 0 Å². The third-order valence-corrected chi connectivity index (χ3v) is 2.95. The Labute approximate surface area is 128 Å². The first-order chi connectivity index (χ1) is 10.6. The van der Waals surface area contributed by atoms with E-state index in [1.54, 1.807) is 13.2 Å². The molecule has 0 aromatic heterocycles. The molecule has 0 unspecified atom stereocenters. The average Bonchev–Trinajstić information content (AvgIpc) is 2.56. The van der Waals surface area contributed by atoms with Gasteiger partial charge in [-0.05, 0) is 35.4 Å². The Morgan fingerprint density at radius 1 is 1.23 bits per heavy atom. The zero-order valence-electron chi connectivity index (χ0n) is 12.0. The first kappa shape index (κ1) is 15.1. The summed E-state index contributed by atoms with van der Waals surface area (Å²) >= 11 is 0. The van der Waals surface area contributed by atoms with Gasteiger partial charge in [-0.3, -0.25) is 10.8 Å². The van der Waals surface area contributed by atoms with Crippen molar-refractivity contribution in [3.63, 3.8) is 0 Å². The van der Waals surface area contributed by atoms with E-state index < -0.39 is 0 Å². The number of amidine groups is 1. The number of methoxy groups -OCH3 is 1. The van der Waals surface area contributed by atoms with Crippen LogP contribution in [0.25, 0.3) is 11.1 Å². The Balaban J connectivity index is 2.17. The largest absolute Gasteiger partial charge is 0.497 e. The van der Waals surface area contributed by atoms with Crippen LogP contribution in [0.1, 0.15) is 0 Å². The second-order valence-electron chi connectivity index (χ2n) is 4.41. The quantitative estimate of drug-likeness (QED) is 0.447. The van der Waals surface area contributed by atoms with Crippen molar-refractivity contribution in [3.05, 3.63) is 48.5 Å². The first-order valence-electron chi connectivity index (χ1n) is 6.46. The van der Waals surface area contributed by atoms with Gasteiger partial charge < -0.3 is 10.5 Å². The molecule has 0 saturated carbocycles. The number of anilines is 1. The molecule has 22 heavy (non-hydrogen) atoms. The predicted molar refractivity (Wildman–Crippen MR) is 87.0 cm³/mol. The van der Waals surface area contributed by atoms with Gasteiger partial charge in [0.25, 0.3) is 0 Å². The number of nitrogens with one attached hydrogen (secondary N) is 2. The number of rotatable bonds is 5. The van der Waals surface area contributed by atoms with Gasteiger partial charge in [0.15, 0.2) is 5.84 Å². The molecule has 0 fully saturated rings. The molecule has 0 amide bonds. The fourth-order valence-electron chi connectivity index (χ4n) is 1.81. The number of hydrogen-bond donors (Lipinski definition) is 3. The van der Waals surface area contributed by atoms with E-state index in [9.17, 15) is 0 Å². The minimum absolute atomic E-state index is 0.156. The molecule has 2 aromatic carbocycles. The summed E-state index contributed by atoms with van der Waals surface area (Å²) < 4.78 is 5.21. The van der Waals surface area contributed by atoms with Crippen molar-refractivity contribution in [2.45, 2.75) is 0 Å². The molecule has 0 saturated heterocycles. The molecule has 2 aromatic rings. The minimum Gasteiger partial charge on any atom is -0.497 e. The molecule has 4 N–H and O–H groups in total. The van der Waals surface area contributed by atoms with Crippen molar-refractivity contribution in [2.24, 2.45) is 10.8 Å². The van der Waals surface area contributed by atoms with Crippen LogP contribution in [0.5, 0.6) is 5.75 Å². The topological polar surface area (TPSA) is 107 Å². The summed E-state index contributed by atoms with van der Waals surface area (Å²) in [5.41, 5.74) is 10.5. The van der Waals surface area contributed by atoms with Crippen LogP contribution in [-0.4, -0.2) is 18.7 Å². The number of benzene rings is 2. The highest BCUT2D eigenvalue weighted by Crippen LogP contribution is 2.25. The van der Waals surface area contributed by atoms with Crippen molar-refractivity contribution in [3.8, 4) is 22.9 Å². The third kappa shape index (κ3) is 3.61. The number of hydrogen-bond acceptors (Lipinski definition) is 5. The van der Waals surface area contributed by atoms with Gasteiger partial charge in [-0.25, -0.2) is 0 Å². The molecule has 0 radical (unpaired) electrons. The molecule has 0 aliphatic carbocycles. The standard InChI is InChI=1S/C16H15N5O/c1-22-14-4-2-3-12(9-14)11-5-7-13(8-6-11)20-21-15(10-17)16(18)19/h2-9,20H,1H3,(H3,18,19)/b21-15+. The molecule has 110 valence electrons. The van der Waals surface area contributed by atoms with Crippen LogP contribution < -0.4 is 15.9 Å². The molecule has 0 atom stereocenters. The second kappa shape index (κ2) is 6.90. The Bertz CT molecular complexity index is 744. The van der Waals surface area contributed by atoms with E-state index in [-0.39, 0.29) is 11.5 Å². The van der Waals surface area contributed by atoms with Crippen molar-refractivity contribution in [2.75, 3.05) is 12.5 Å². The fraction of sp³-hybridized carbons (Fsp3) is 0.0625. The molecular weight excluding hydrogens is 278 g/mol. The number of nitriles is 1. The van der Waals surface area contributed by atoms with E-state index in [0.717, 1.165) is 16.9 Å². The lowest BCUT2D eigenvalue weighted by molar-refractivity contribution is 0.415. The lowest BCUT2D eigenvalue weighted by atomic mass is 10.1. The molecule has 6 nitrogen and oxygen atoms in total. The van der Waals surface area contributed by atoms with E-state index in [4.69, 9.17) is 21.1 Å². The van der Waals surface area contributed by atoms with Crippen molar-refractivity contribution < 1.29 is 4.74 Å². The van der Waals surface area contributed by atoms with Crippen LogP contribution in [0.2, 0.25) is 0 Å². The summed E-state index contributed by atoms with van der Waals surface area (Å²) in [5.74, 6) is 0.424. The molecule has 6 heteroatoms. The summed E-state index contributed by atoms with van der Waals surface area (Å²) in [4.78, 5) is 0. The van der Waals surface area contributed by atoms with Crippen molar-refractivity contribution >= 4 is 17.2 Å². The van der Waals surface area contributed by atoms with Gasteiger partial charge in [-0.15, -0.1) is 0 Å². The summed E-state index contributed by atoms with van der Waals surface area (Å²) in [7, 11) is 1.63. The lowest BCUT2D eigenvalue weighted by Gasteiger charge is -2.06. The van der Waals surface area contributed by atoms with Gasteiger partial charge in [0.2, 0.25) is 5.71 Å². The van der Waals surface area contributed by atoms with Crippen molar-refractivity contribution in [1.29, 1.82) is 10.7 Å². The van der Waals surface area contributed by atoms with Crippen LogP contribution >= 0.6 is 0 Å². The SMILES string of the molecule is COc1cccc(-c2ccc(N/N=C(\C#N)C(=N)N)cc2)c1. The summed E-state index contributed by atoms with van der Waals surface area (Å²) in [5, 5.41) is 19.7. The molecule has 2 rings (SSSR count). The molecule has 0 spiro atoms. The Hall–Kier alpha value is -3.33. The smallest absolute Gasteiger partial charge is 0.201 e. The number of nitrogens with two attached hydrogens (primary N) is 1. The number of ether oxygens (including phenoxy) is 1. The number of hydrazone groups is 1. The zero-order chi connectivity index (χ0) is 15.9. The monoisotopic (exact) mass is 293 g/mol. The first-order valence-corrected chi connectivity index (χ1v) is 6.46. The van der Waals surface area contributed by atoms with E-state index in [0.29, 0.717) is 5.69 Å². The highest BCUT2D eigenvalue weighted by atomic mass is 16.5. The summed E-state index contributed by atoms with van der Waals surface area (Å²) in [6.07, 6.45) is 0. The van der Waals surface area contributed by atoms with Crippen LogP contribution in [-0.2, 0) is 0 Å². The van der Waals surface area contributed by atoms with Crippen LogP contribution in [0.15, 0.2) is 53.6 Å². The Morgan fingerprint density at radius 3 is 2.55 bits per heavy atom. The maximum atomic E-state index is 8.76.